The van der Waals surface area contributed by atoms with Gasteiger partial charge in [-0.05, 0) is 57.2 Å². The molecule has 1 aliphatic heterocycles. The van der Waals surface area contributed by atoms with Gasteiger partial charge in [-0.3, -0.25) is 4.79 Å². The molecule has 4 aromatic rings. The zero-order valence-electron chi connectivity index (χ0n) is 24.8. The van der Waals surface area contributed by atoms with Crippen LogP contribution in [0.5, 0.6) is 28.7 Å². The average Bonchev–Trinajstić information content (AvgIpc) is 3.51. The van der Waals surface area contributed by atoms with Crippen LogP contribution in [0, 0.1) is 13.8 Å². The molecule has 2 heterocycles. The van der Waals surface area contributed by atoms with Crippen LogP contribution in [-0.2, 0) is 5.41 Å². The van der Waals surface area contributed by atoms with Crippen molar-refractivity contribution in [2.45, 2.75) is 32.3 Å². The number of aliphatic hydroxyl groups is 1. The van der Waals surface area contributed by atoms with Crippen molar-refractivity contribution in [1.82, 2.24) is 9.78 Å². The third kappa shape index (κ3) is 4.11. The molecule has 0 amide bonds. The van der Waals surface area contributed by atoms with Gasteiger partial charge in [-0.25, -0.2) is 4.68 Å². The number of rotatable bonds is 7. The molecule has 0 unspecified atom stereocenters. The van der Waals surface area contributed by atoms with Gasteiger partial charge in [-0.2, -0.15) is 5.10 Å². The topological polar surface area (TPSA) is 112 Å². The molecule has 3 aromatic carbocycles. The van der Waals surface area contributed by atoms with Gasteiger partial charge in [0.15, 0.2) is 5.78 Å². The Morgan fingerprint density at radius 1 is 1.07 bits per heavy atom. The lowest BCUT2D eigenvalue weighted by molar-refractivity contribution is 0.0966. The number of aliphatic hydroxyl groups excluding tert-OH is 1. The van der Waals surface area contributed by atoms with Gasteiger partial charge in [0, 0.05) is 28.8 Å². The summed E-state index contributed by atoms with van der Waals surface area (Å²) in [5.74, 6) is 1.29. The Labute approximate surface area is 249 Å². The number of methoxy groups -OCH3 is 3. The number of ketones is 1. The molecule has 0 radical (unpaired) electrons. The number of phenols is 1. The lowest BCUT2D eigenvalue weighted by atomic mass is 9.70. The van der Waals surface area contributed by atoms with Crippen LogP contribution in [0.15, 0.2) is 60.4 Å². The Morgan fingerprint density at radius 2 is 1.81 bits per heavy atom. The normalized spacial score (nSPS) is 18.4. The van der Waals surface area contributed by atoms with Crippen molar-refractivity contribution in [3.8, 4) is 34.4 Å². The maximum Gasteiger partial charge on any atom is 0.193 e. The molecular weight excluding hydrogens is 548 g/mol. The zero-order valence-corrected chi connectivity index (χ0v) is 24.8. The molecular formula is C34H32N2O7. The van der Waals surface area contributed by atoms with E-state index in [1.807, 2.05) is 50.3 Å². The molecule has 220 valence electrons. The summed E-state index contributed by atoms with van der Waals surface area (Å²) in [6.45, 7) is 5.38. The SMILES string of the molecule is COc1ccc(/C=C/C(=O)c2c(O)c(C)c(OC)c3c2OC2=Cc4c(c(C)nn4-c4ccccc4)[C@@H](O)[C@@]23C)c(OC)c1. The van der Waals surface area contributed by atoms with E-state index in [1.54, 1.807) is 43.0 Å². The summed E-state index contributed by atoms with van der Waals surface area (Å²) in [4.78, 5) is 13.8. The highest BCUT2D eigenvalue weighted by Crippen LogP contribution is 2.62. The molecule has 0 saturated heterocycles. The smallest absolute Gasteiger partial charge is 0.193 e. The number of fused-ring (bicyclic) bond motifs is 4. The first kappa shape index (κ1) is 28.1. The molecule has 0 saturated carbocycles. The lowest BCUT2D eigenvalue weighted by Gasteiger charge is -2.34. The van der Waals surface area contributed by atoms with E-state index in [0.717, 1.165) is 5.69 Å². The summed E-state index contributed by atoms with van der Waals surface area (Å²) in [5.41, 5.74) is 3.17. The van der Waals surface area contributed by atoms with Crippen LogP contribution in [0.3, 0.4) is 0 Å². The predicted molar refractivity (Wildman–Crippen MR) is 162 cm³/mol. The van der Waals surface area contributed by atoms with Crippen molar-refractivity contribution in [1.29, 1.82) is 0 Å². The molecule has 2 aliphatic rings. The Bertz CT molecular complexity index is 1840. The molecule has 9 nitrogen and oxygen atoms in total. The van der Waals surface area contributed by atoms with Gasteiger partial charge in [0.2, 0.25) is 0 Å². The van der Waals surface area contributed by atoms with Crippen molar-refractivity contribution < 1.29 is 34.0 Å². The minimum Gasteiger partial charge on any atom is -0.507 e. The molecule has 0 fully saturated rings. The first-order valence-electron chi connectivity index (χ1n) is 13.8. The largest absolute Gasteiger partial charge is 0.507 e. The third-order valence-electron chi connectivity index (χ3n) is 8.40. The van der Waals surface area contributed by atoms with E-state index in [2.05, 4.69) is 0 Å². The van der Waals surface area contributed by atoms with Crippen molar-refractivity contribution >= 4 is 17.9 Å². The number of carbonyl (C=O) groups is 1. The molecule has 2 N–H and O–H groups in total. The summed E-state index contributed by atoms with van der Waals surface area (Å²) < 4.78 is 24.7. The number of benzene rings is 3. The Morgan fingerprint density at radius 3 is 2.49 bits per heavy atom. The molecule has 0 spiro atoms. The summed E-state index contributed by atoms with van der Waals surface area (Å²) in [6.07, 6.45) is 3.72. The van der Waals surface area contributed by atoms with Crippen molar-refractivity contribution in [3.05, 3.63) is 99.6 Å². The van der Waals surface area contributed by atoms with Gasteiger partial charge in [-0.1, -0.05) is 18.2 Å². The number of ether oxygens (including phenoxy) is 4. The van der Waals surface area contributed by atoms with E-state index in [9.17, 15) is 15.0 Å². The van der Waals surface area contributed by atoms with Crippen molar-refractivity contribution in [3.63, 3.8) is 0 Å². The van der Waals surface area contributed by atoms with Crippen LogP contribution in [-0.4, -0.2) is 47.1 Å². The Balaban J connectivity index is 1.50. The molecule has 6 rings (SSSR count). The minimum absolute atomic E-state index is 0.0220. The third-order valence-corrected chi connectivity index (χ3v) is 8.40. The van der Waals surface area contributed by atoms with Gasteiger partial charge >= 0.3 is 0 Å². The number of carbonyl (C=O) groups excluding carboxylic acids is 1. The van der Waals surface area contributed by atoms with Crippen LogP contribution < -0.4 is 18.9 Å². The van der Waals surface area contributed by atoms with E-state index in [-0.39, 0.29) is 17.1 Å². The summed E-state index contributed by atoms with van der Waals surface area (Å²) in [7, 11) is 4.58. The van der Waals surface area contributed by atoms with Crippen LogP contribution in [0.4, 0.5) is 0 Å². The number of nitrogens with zero attached hydrogens (tertiary/aromatic N) is 2. The van der Waals surface area contributed by atoms with Gasteiger partial charge in [-0.15, -0.1) is 0 Å². The standard InChI is InChI=1S/C34H32N2O7/c1-18-30(38)28(24(37)15-13-20-12-14-22(40-4)16-25(20)41-5)32-29(31(18)42-6)34(3)26(43-32)17-23-27(33(34)39)19(2)35-36(23)21-10-8-7-9-11-21/h7-17,33,38-39H,1-6H3/b15-13+/t33-,34+/m1/s1. The van der Waals surface area contributed by atoms with E-state index in [1.165, 1.54) is 20.3 Å². The van der Waals surface area contributed by atoms with Crippen LogP contribution in [0.25, 0.3) is 17.8 Å². The molecule has 1 aliphatic carbocycles. The summed E-state index contributed by atoms with van der Waals surface area (Å²) >= 11 is 0. The molecule has 1 aromatic heterocycles. The van der Waals surface area contributed by atoms with Gasteiger partial charge in [0.25, 0.3) is 0 Å². The van der Waals surface area contributed by atoms with Gasteiger partial charge in [0.1, 0.15) is 40.1 Å². The first-order chi connectivity index (χ1) is 20.6. The number of phenolic OH excluding ortho intramolecular Hbond substituents is 1. The average molecular weight is 581 g/mol. The van der Waals surface area contributed by atoms with E-state index < -0.39 is 17.3 Å². The number of para-hydroxylation sites is 1. The first-order valence-corrected chi connectivity index (χ1v) is 13.8. The van der Waals surface area contributed by atoms with E-state index in [4.69, 9.17) is 24.0 Å². The number of aromatic hydroxyl groups is 1. The fourth-order valence-corrected chi connectivity index (χ4v) is 6.08. The van der Waals surface area contributed by atoms with Crippen LogP contribution in [0.2, 0.25) is 0 Å². The number of aryl methyl sites for hydroxylation is 1. The minimum atomic E-state index is -1.13. The quantitative estimate of drug-likeness (QED) is 0.207. The fraction of sp³-hybridized carbons (Fsp3) is 0.235. The maximum absolute atomic E-state index is 13.8. The monoisotopic (exact) mass is 580 g/mol. The Kier molecular flexibility index (Phi) is 6.77. The lowest BCUT2D eigenvalue weighted by Crippen LogP contribution is -2.34. The highest BCUT2D eigenvalue weighted by atomic mass is 16.5. The molecule has 9 heteroatoms. The van der Waals surface area contributed by atoms with E-state index >= 15 is 0 Å². The van der Waals surface area contributed by atoms with Crippen molar-refractivity contribution in [2.75, 3.05) is 21.3 Å². The second kappa shape index (κ2) is 10.4. The highest BCUT2D eigenvalue weighted by molar-refractivity contribution is 6.12. The molecule has 2 atom stereocenters. The Hall–Kier alpha value is -5.02. The molecule has 0 bridgehead atoms. The number of hydrogen-bond donors (Lipinski definition) is 2. The predicted octanol–water partition coefficient (Wildman–Crippen LogP) is 5.85. The number of aromatic nitrogens is 2. The van der Waals surface area contributed by atoms with Crippen LogP contribution in [0.1, 0.15) is 57.0 Å². The summed E-state index contributed by atoms with van der Waals surface area (Å²) in [6, 6.07) is 14.9. The van der Waals surface area contributed by atoms with E-state index in [0.29, 0.717) is 56.6 Å². The number of hydrogen-bond acceptors (Lipinski definition) is 8. The highest BCUT2D eigenvalue weighted by Gasteiger charge is 2.55. The fourth-order valence-electron chi connectivity index (χ4n) is 6.08. The summed E-state index contributed by atoms with van der Waals surface area (Å²) in [5, 5.41) is 28.1. The second-order valence-corrected chi connectivity index (χ2v) is 10.7. The van der Waals surface area contributed by atoms with Gasteiger partial charge < -0.3 is 29.2 Å². The van der Waals surface area contributed by atoms with Crippen LogP contribution >= 0.6 is 0 Å². The second-order valence-electron chi connectivity index (χ2n) is 10.7. The number of allylic oxidation sites excluding steroid dienone is 1. The zero-order chi connectivity index (χ0) is 30.6. The van der Waals surface area contributed by atoms with Gasteiger partial charge in [0.05, 0.1) is 55.5 Å². The molecule has 43 heavy (non-hydrogen) atoms. The maximum atomic E-state index is 13.8. The van der Waals surface area contributed by atoms with Crippen molar-refractivity contribution in [2.24, 2.45) is 0 Å².